The Balaban J connectivity index is 2.14. The van der Waals surface area contributed by atoms with Crippen LogP contribution in [-0.2, 0) is 21.3 Å². The number of aromatic nitrogens is 1. The van der Waals surface area contributed by atoms with E-state index < -0.39 is 10.0 Å². The fourth-order valence-electron chi connectivity index (χ4n) is 2.53. The lowest BCUT2D eigenvalue weighted by atomic mass is 10.3. The molecule has 0 fully saturated rings. The number of nitrogens with zero attached hydrogens (tertiary/aromatic N) is 2. The number of ether oxygens (including phenoxy) is 1. The third-order valence-electron chi connectivity index (χ3n) is 3.86. The number of sulfonamides is 1. The van der Waals surface area contributed by atoms with E-state index in [4.69, 9.17) is 16.3 Å². The van der Waals surface area contributed by atoms with Crippen molar-refractivity contribution in [3.8, 4) is 0 Å². The molecule has 0 spiro atoms. The lowest BCUT2D eigenvalue weighted by molar-refractivity contribution is 0.139. The van der Waals surface area contributed by atoms with Gasteiger partial charge in [-0.1, -0.05) is 22.9 Å². The van der Waals surface area contributed by atoms with Crippen LogP contribution in [0.25, 0.3) is 10.2 Å². The second kappa shape index (κ2) is 8.79. The molecule has 0 bridgehead atoms. The lowest BCUT2D eigenvalue weighted by Crippen LogP contribution is -2.19. The normalized spacial score (nSPS) is 12.8. The minimum Gasteiger partial charge on any atom is -0.380 e. The molecular weight excluding hydrogens is 424 g/mol. The molecule has 3 rings (SSSR count). The van der Waals surface area contributed by atoms with Crippen LogP contribution in [0.5, 0.6) is 0 Å². The second-order valence-corrected chi connectivity index (χ2v) is 9.52. The molecular formula is C18H19ClN2O3S3. The van der Waals surface area contributed by atoms with Crippen molar-refractivity contribution >= 4 is 54.9 Å². The van der Waals surface area contributed by atoms with Gasteiger partial charge in [-0.05, 0) is 55.6 Å². The van der Waals surface area contributed by atoms with Crippen molar-refractivity contribution in [1.82, 2.24) is 4.57 Å². The molecule has 0 aliphatic heterocycles. The molecule has 144 valence electrons. The Morgan fingerprint density at radius 1 is 1.22 bits per heavy atom. The van der Waals surface area contributed by atoms with Gasteiger partial charge < -0.3 is 9.30 Å². The van der Waals surface area contributed by atoms with Gasteiger partial charge in [-0.3, -0.25) is 0 Å². The average molecular weight is 443 g/mol. The van der Waals surface area contributed by atoms with Crippen molar-refractivity contribution in [2.24, 2.45) is 4.40 Å². The van der Waals surface area contributed by atoms with E-state index in [-0.39, 0.29) is 4.90 Å². The molecule has 0 saturated heterocycles. The Hall–Kier alpha value is -1.32. The zero-order valence-corrected chi connectivity index (χ0v) is 18.1. The smallest absolute Gasteiger partial charge is 0.285 e. The van der Waals surface area contributed by atoms with Gasteiger partial charge in [-0.2, -0.15) is 8.42 Å². The van der Waals surface area contributed by atoms with Crippen LogP contribution in [0.1, 0.15) is 6.92 Å². The molecule has 0 amide bonds. The molecule has 5 nitrogen and oxygen atoms in total. The summed E-state index contributed by atoms with van der Waals surface area (Å²) in [7, 11) is -3.84. The zero-order valence-electron chi connectivity index (χ0n) is 14.9. The monoisotopic (exact) mass is 442 g/mol. The highest BCUT2D eigenvalue weighted by molar-refractivity contribution is 7.98. The SMILES string of the molecule is CCOCCn1/c(=N/S(=O)(=O)c2ccc(Cl)cc2)sc2cc(SC)ccc21. The maximum Gasteiger partial charge on any atom is 0.285 e. The predicted octanol–water partition coefficient (Wildman–Crippen LogP) is 4.40. The van der Waals surface area contributed by atoms with Crippen LogP contribution in [-0.4, -0.2) is 32.5 Å². The van der Waals surface area contributed by atoms with Gasteiger partial charge >= 0.3 is 0 Å². The van der Waals surface area contributed by atoms with Crippen LogP contribution in [0.4, 0.5) is 0 Å². The number of rotatable bonds is 7. The Morgan fingerprint density at radius 3 is 2.63 bits per heavy atom. The van der Waals surface area contributed by atoms with Gasteiger partial charge in [0.05, 0.1) is 21.7 Å². The standard InChI is InChI=1S/C18H19ClN2O3S3/c1-3-24-11-10-21-16-9-6-14(25-2)12-17(16)26-18(21)20-27(22,23)15-7-4-13(19)5-8-15/h4-9,12H,3,10-11H2,1-2H3/b20-18-. The minimum atomic E-state index is -3.84. The van der Waals surface area contributed by atoms with Crippen molar-refractivity contribution in [3.63, 3.8) is 0 Å². The topological polar surface area (TPSA) is 60.7 Å². The largest absolute Gasteiger partial charge is 0.380 e. The molecule has 0 radical (unpaired) electrons. The van der Waals surface area contributed by atoms with E-state index in [1.54, 1.807) is 23.9 Å². The Kier molecular flexibility index (Phi) is 6.65. The first-order chi connectivity index (χ1) is 12.9. The van der Waals surface area contributed by atoms with Crippen LogP contribution in [0.2, 0.25) is 5.02 Å². The molecule has 9 heteroatoms. The number of hydrogen-bond acceptors (Lipinski definition) is 5. The maximum atomic E-state index is 12.7. The van der Waals surface area contributed by atoms with Crippen LogP contribution < -0.4 is 4.80 Å². The van der Waals surface area contributed by atoms with E-state index in [9.17, 15) is 8.42 Å². The van der Waals surface area contributed by atoms with E-state index in [0.29, 0.717) is 29.6 Å². The highest BCUT2D eigenvalue weighted by Gasteiger charge is 2.15. The highest BCUT2D eigenvalue weighted by Crippen LogP contribution is 2.24. The van der Waals surface area contributed by atoms with Crippen molar-refractivity contribution in [3.05, 3.63) is 52.3 Å². The maximum absolute atomic E-state index is 12.7. The van der Waals surface area contributed by atoms with Gasteiger partial charge in [-0.25, -0.2) is 0 Å². The molecule has 0 atom stereocenters. The fraction of sp³-hybridized carbons (Fsp3) is 0.278. The van der Waals surface area contributed by atoms with Gasteiger partial charge in [0, 0.05) is 23.1 Å². The number of halogens is 1. The molecule has 0 aliphatic rings. The molecule has 0 saturated carbocycles. The molecule has 27 heavy (non-hydrogen) atoms. The number of fused-ring (bicyclic) bond motifs is 1. The summed E-state index contributed by atoms with van der Waals surface area (Å²) in [5, 5.41) is 0.479. The summed E-state index contributed by atoms with van der Waals surface area (Å²) >= 11 is 8.86. The van der Waals surface area contributed by atoms with Gasteiger partial charge in [0.25, 0.3) is 10.0 Å². The summed E-state index contributed by atoms with van der Waals surface area (Å²) in [5.74, 6) is 0. The molecule has 0 aliphatic carbocycles. The third-order valence-corrected chi connectivity index (χ3v) is 7.28. The summed E-state index contributed by atoms with van der Waals surface area (Å²) in [6, 6.07) is 12.1. The van der Waals surface area contributed by atoms with E-state index in [1.807, 2.05) is 29.9 Å². The van der Waals surface area contributed by atoms with Crippen molar-refractivity contribution < 1.29 is 13.2 Å². The van der Waals surface area contributed by atoms with Gasteiger partial charge in [0.1, 0.15) is 0 Å². The quantitative estimate of drug-likeness (QED) is 0.401. The Labute approximate surface area is 171 Å². The summed E-state index contributed by atoms with van der Waals surface area (Å²) in [4.78, 5) is 1.66. The molecule has 2 aromatic carbocycles. The fourth-order valence-corrected chi connectivity index (χ4v) is 5.47. The summed E-state index contributed by atoms with van der Waals surface area (Å²) in [6.45, 7) is 3.55. The van der Waals surface area contributed by atoms with Gasteiger partial charge in [0.2, 0.25) is 4.80 Å². The van der Waals surface area contributed by atoms with Crippen LogP contribution in [0, 0.1) is 0 Å². The molecule has 0 N–H and O–H groups in total. The number of hydrogen-bond donors (Lipinski definition) is 0. The third kappa shape index (κ3) is 4.75. The van der Waals surface area contributed by atoms with E-state index in [1.165, 1.54) is 23.5 Å². The zero-order chi connectivity index (χ0) is 19.4. The number of benzene rings is 2. The first-order valence-corrected chi connectivity index (χ1v) is 12.1. The average Bonchev–Trinajstić information content (AvgIpc) is 2.98. The number of thioether (sulfide) groups is 1. The molecule has 1 aromatic heterocycles. The second-order valence-electron chi connectivity index (χ2n) is 5.59. The Morgan fingerprint density at radius 2 is 1.96 bits per heavy atom. The van der Waals surface area contributed by atoms with E-state index in [2.05, 4.69) is 10.5 Å². The summed E-state index contributed by atoms with van der Waals surface area (Å²) in [5.41, 5.74) is 0.947. The first kappa shape index (κ1) is 20.4. The van der Waals surface area contributed by atoms with Crippen molar-refractivity contribution in [1.29, 1.82) is 0 Å². The van der Waals surface area contributed by atoms with E-state index >= 15 is 0 Å². The van der Waals surface area contributed by atoms with Crippen LogP contribution in [0.3, 0.4) is 0 Å². The lowest BCUT2D eigenvalue weighted by Gasteiger charge is -2.06. The van der Waals surface area contributed by atoms with Gasteiger partial charge in [0.15, 0.2) is 0 Å². The molecule has 3 aromatic rings. The molecule has 1 heterocycles. The van der Waals surface area contributed by atoms with Crippen molar-refractivity contribution in [2.75, 3.05) is 19.5 Å². The highest BCUT2D eigenvalue weighted by atomic mass is 35.5. The van der Waals surface area contributed by atoms with E-state index in [0.717, 1.165) is 15.1 Å². The summed E-state index contributed by atoms with van der Waals surface area (Å²) < 4.78 is 37.9. The Bertz CT molecular complexity index is 1100. The minimum absolute atomic E-state index is 0.116. The predicted molar refractivity (Wildman–Crippen MR) is 112 cm³/mol. The van der Waals surface area contributed by atoms with Crippen LogP contribution in [0.15, 0.2) is 56.7 Å². The first-order valence-electron chi connectivity index (χ1n) is 8.26. The number of thiazole rings is 1. The van der Waals surface area contributed by atoms with Crippen molar-refractivity contribution in [2.45, 2.75) is 23.3 Å². The molecule has 0 unspecified atom stereocenters. The van der Waals surface area contributed by atoms with Gasteiger partial charge in [-0.15, -0.1) is 16.2 Å². The van der Waals surface area contributed by atoms with Crippen LogP contribution >= 0.6 is 34.7 Å². The summed E-state index contributed by atoms with van der Waals surface area (Å²) in [6.07, 6.45) is 2.01.